The van der Waals surface area contributed by atoms with Crippen LogP contribution in [0.4, 0.5) is 13.2 Å². The smallest absolute Gasteiger partial charge is 0.405 e. The van der Waals surface area contributed by atoms with Crippen molar-refractivity contribution in [2.75, 3.05) is 6.26 Å². The third kappa shape index (κ3) is 7.67. The van der Waals surface area contributed by atoms with Gasteiger partial charge in [0.25, 0.3) is 0 Å². The fourth-order valence-electron chi connectivity index (χ4n) is 2.20. The summed E-state index contributed by atoms with van der Waals surface area (Å²) < 4.78 is 41.9. The van der Waals surface area contributed by atoms with Crippen molar-refractivity contribution >= 4 is 41.0 Å². The lowest BCUT2D eigenvalue weighted by Crippen LogP contribution is -2.17. The highest BCUT2D eigenvalue weighted by Gasteiger charge is 2.32. The minimum Gasteiger partial charge on any atom is -0.405 e. The summed E-state index contributed by atoms with van der Waals surface area (Å²) in [5, 5.41) is 9.86. The molecule has 2 aromatic carbocycles. The monoisotopic (exact) mass is 447 g/mol. The first-order valence-corrected chi connectivity index (χ1v) is 10.2. The van der Waals surface area contributed by atoms with Crippen molar-refractivity contribution < 1.29 is 17.9 Å². The summed E-state index contributed by atoms with van der Waals surface area (Å²) >= 11 is 13.0. The zero-order valence-corrected chi connectivity index (χ0v) is 17.7. The lowest BCUT2D eigenvalue weighted by atomic mass is 10.0. The highest BCUT2D eigenvalue weighted by Crippen LogP contribution is 2.31. The molecule has 0 aliphatic rings. The largest absolute Gasteiger partial charge is 0.573 e. The summed E-state index contributed by atoms with van der Waals surface area (Å²) in [6.07, 6.45) is -1.35. The third-order valence-corrected chi connectivity index (χ3v) is 4.70. The average molecular weight is 448 g/mol. The number of ether oxygens (including phenoxy) is 1. The van der Waals surface area contributed by atoms with E-state index in [-0.39, 0.29) is 16.2 Å². The van der Waals surface area contributed by atoms with E-state index in [4.69, 9.17) is 28.5 Å². The molecule has 0 aromatic heterocycles. The Morgan fingerprint density at radius 1 is 1.11 bits per heavy atom. The van der Waals surface area contributed by atoms with E-state index in [0.29, 0.717) is 16.5 Å². The number of alkyl halides is 3. The van der Waals surface area contributed by atoms with Crippen LogP contribution < -0.4 is 4.74 Å². The minimum absolute atomic E-state index is 0.172. The van der Waals surface area contributed by atoms with Crippen LogP contribution in [-0.4, -0.2) is 12.6 Å². The van der Waals surface area contributed by atoms with Crippen LogP contribution >= 0.6 is 35.0 Å². The molecule has 0 saturated carbocycles. The summed E-state index contributed by atoms with van der Waals surface area (Å²) in [4.78, 5) is 0.267. The maximum atomic E-state index is 12.6. The van der Waals surface area contributed by atoms with Crippen LogP contribution in [0.25, 0.3) is 6.08 Å². The van der Waals surface area contributed by atoms with E-state index < -0.39 is 6.36 Å². The van der Waals surface area contributed by atoms with E-state index in [9.17, 15) is 13.2 Å². The number of hydrogen-bond donors (Lipinski definition) is 0. The van der Waals surface area contributed by atoms with Crippen molar-refractivity contribution in [2.24, 2.45) is 0 Å². The molecule has 0 bridgehead atoms. The summed E-state index contributed by atoms with van der Waals surface area (Å²) in [6, 6.07) is 11.4. The van der Waals surface area contributed by atoms with Crippen LogP contribution in [0, 0.1) is 11.3 Å². The molecule has 8 heteroatoms. The molecular formula is C20H18Cl2F3NOS. The van der Waals surface area contributed by atoms with Gasteiger partial charge in [0.1, 0.15) is 11.8 Å². The van der Waals surface area contributed by atoms with Crippen molar-refractivity contribution in [3.8, 4) is 11.8 Å². The van der Waals surface area contributed by atoms with Crippen LogP contribution in [0.2, 0.25) is 10.0 Å². The van der Waals surface area contributed by atoms with Crippen LogP contribution in [0.3, 0.4) is 0 Å². The fourth-order valence-corrected chi connectivity index (χ4v) is 2.86. The molecule has 0 atom stereocenters. The number of hydrogen-bond acceptors (Lipinski definition) is 3. The second-order valence-electron chi connectivity index (χ2n) is 5.17. The van der Waals surface area contributed by atoms with Crippen LogP contribution in [0.5, 0.6) is 5.75 Å². The Morgan fingerprint density at radius 2 is 1.71 bits per heavy atom. The van der Waals surface area contributed by atoms with Crippen LogP contribution in [0.15, 0.2) is 41.3 Å². The highest BCUT2D eigenvalue weighted by molar-refractivity contribution is 8.02. The van der Waals surface area contributed by atoms with Gasteiger partial charge in [-0.2, -0.15) is 5.26 Å². The predicted octanol–water partition coefficient (Wildman–Crippen LogP) is 7.74. The van der Waals surface area contributed by atoms with Crippen molar-refractivity contribution in [2.45, 2.75) is 26.6 Å². The molecule has 150 valence electrons. The molecule has 0 aliphatic carbocycles. The molecule has 28 heavy (non-hydrogen) atoms. The Labute approximate surface area is 176 Å². The first kappa shape index (κ1) is 24.2. The minimum atomic E-state index is -4.82. The maximum Gasteiger partial charge on any atom is 0.573 e. The average Bonchev–Trinajstić information content (AvgIpc) is 2.65. The number of allylic oxidation sites excluding steroid dienone is 1. The molecule has 0 heterocycles. The van der Waals surface area contributed by atoms with Crippen molar-refractivity contribution in [3.63, 3.8) is 0 Å². The quantitative estimate of drug-likeness (QED) is 0.439. The number of halogens is 5. The summed E-state index contributed by atoms with van der Waals surface area (Å²) in [7, 11) is 0. The lowest BCUT2D eigenvalue weighted by Gasteiger charge is -2.13. The van der Waals surface area contributed by atoms with Gasteiger partial charge >= 0.3 is 6.36 Å². The van der Waals surface area contributed by atoms with E-state index in [0.717, 1.165) is 22.9 Å². The van der Waals surface area contributed by atoms with Crippen molar-refractivity contribution in [1.29, 1.82) is 5.26 Å². The molecule has 2 aromatic rings. The number of nitriles is 1. The van der Waals surface area contributed by atoms with Crippen LogP contribution in [-0.2, 0) is 6.42 Å². The Hall–Kier alpha value is -1.81. The Morgan fingerprint density at radius 3 is 2.25 bits per heavy atom. The van der Waals surface area contributed by atoms with E-state index in [1.807, 2.05) is 19.9 Å². The van der Waals surface area contributed by atoms with Gasteiger partial charge in [-0.1, -0.05) is 49.2 Å². The van der Waals surface area contributed by atoms with Gasteiger partial charge in [0.15, 0.2) is 0 Å². The van der Waals surface area contributed by atoms with Gasteiger partial charge in [0, 0.05) is 5.56 Å². The van der Waals surface area contributed by atoms with E-state index in [2.05, 4.69) is 4.74 Å². The summed E-state index contributed by atoms with van der Waals surface area (Å²) in [5.41, 5.74) is 1.76. The SMILES string of the molecule is CC.CS/C(C#N)=C/c1cc(Cc2ccc(Cl)c(Cl)c2)ccc1OC(F)(F)F. The molecule has 0 fully saturated rings. The van der Waals surface area contributed by atoms with E-state index in [1.54, 1.807) is 30.5 Å². The molecule has 2 rings (SSSR count). The summed E-state index contributed by atoms with van der Waals surface area (Å²) in [6.45, 7) is 4.00. The predicted molar refractivity (Wildman–Crippen MR) is 111 cm³/mol. The number of nitrogens with zero attached hydrogens (tertiary/aromatic N) is 1. The molecule has 0 N–H and O–H groups in total. The summed E-state index contributed by atoms with van der Waals surface area (Å²) in [5.74, 6) is -0.364. The van der Waals surface area contributed by atoms with Gasteiger partial charge < -0.3 is 4.74 Å². The molecule has 0 unspecified atom stereocenters. The Balaban J connectivity index is 0.00000190. The third-order valence-electron chi connectivity index (χ3n) is 3.31. The number of thioether (sulfide) groups is 1. The molecule has 0 spiro atoms. The zero-order chi connectivity index (χ0) is 21.3. The van der Waals surface area contributed by atoms with E-state index >= 15 is 0 Å². The van der Waals surface area contributed by atoms with Crippen molar-refractivity contribution in [1.82, 2.24) is 0 Å². The lowest BCUT2D eigenvalue weighted by molar-refractivity contribution is -0.274. The molecule has 0 radical (unpaired) electrons. The highest BCUT2D eigenvalue weighted by atomic mass is 35.5. The van der Waals surface area contributed by atoms with Crippen molar-refractivity contribution in [3.05, 3.63) is 68.0 Å². The Kier molecular flexibility index (Phi) is 9.74. The molecule has 0 saturated heterocycles. The first-order chi connectivity index (χ1) is 13.2. The molecule has 0 aliphatic heterocycles. The standard InChI is InChI=1S/C18H12Cl2F3NOS.C2H6/c1-26-14(10-24)9-13-7-11(3-5-17(13)25-18(21,22)23)6-12-2-4-15(19)16(20)8-12;1-2/h2-5,7-9H,6H2,1H3;1-2H3/b14-9+;. The topological polar surface area (TPSA) is 33.0 Å². The number of benzene rings is 2. The van der Waals surface area contributed by atoms with Gasteiger partial charge in [-0.05, 0) is 54.1 Å². The zero-order valence-electron chi connectivity index (χ0n) is 15.4. The first-order valence-electron chi connectivity index (χ1n) is 8.20. The van der Waals surface area contributed by atoms with Gasteiger partial charge in [-0.3, -0.25) is 0 Å². The van der Waals surface area contributed by atoms with Gasteiger partial charge in [-0.25, -0.2) is 0 Å². The second-order valence-corrected chi connectivity index (χ2v) is 6.83. The molecular weight excluding hydrogens is 430 g/mol. The maximum absolute atomic E-state index is 12.6. The molecule has 2 nitrogen and oxygen atoms in total. The fraction of sp³-hybridized carbons (Fsp3) is 0.250. The normalized spacial score (nSPS) is 11.3. The van der Waals surface area contributed by atoms with Crippen LogP contribution in [0.1, 0.15) is 30.5 Å². The van der Waals surface area contributed by atoms with Gasteiger partial charge in [0.2, 0.25) is 0 Å². The van der Waals surface area contributed by atoms with Gasteiger partial charge in [0.05, 0.1) is 15.0 Å². The Bertz CT molecular complexity index is 877. The molecule has 0 amide bonds. The number of rotatable bonds is 5. The second kappa shape index (κ2) is 11.3. The van der Waals surface area contributed by atoms with E-state index in [1.165, 1.54) is 18.2 Å². The van der Waals surface area contributed by atoms with Gasteiger partial charge in [-0.15, -0.1) is 24.9 Å².